The quantitative estimate of drug-likeness (QED) is 0.435. The van der Waals surface area contributed by atoms with Crippen LogP contribution in [0.5, 0.6) is 0 Å². The van der Waals surface area contributed by atoms with Gasteiger partial charge in [0.05, 0.1) is 5.69 Å². The SMILES string of the molecule is CSc1ccccc1NC(=O)COC(=O)CN1C(=O)NC2(CCCC2)C1=O. The van der Waals surface area contributed by atoms with Crippen molar-refractivity contribution in [3.8, 4) is 0 Å². The number of carbonyl (C=O) groups excluding carboxylic acids is 4. The highest BCUT2D eigenvalue weighted by Gasteiger charge is 2.52. The van der Waals surface area contributed by atoms with Crippen LogP contribution in [-0.2, 0) is 19.1 Å². The maximum atomic E-state index is 12.5. The van der Waals surface area contributed by atoms with E-state index in [0.29, 0.717) is 18.5 Å². The van der Waals surface area contributed by atoms with Gasteiger partial charge in [0, 0.05) is 4.90 Å². The van der Waals surface area contributed by atoms with Crippen LogP contribution in [0.1, 0.15) is 25.7 Å². The van der Waals surface area contributed by atoms with E-state index in [1.807, 2.05) is 18.4 Å². The van der Waals surface area contributed by atoms with E-state index < -0.39 is 36.6 Å². The van der Waals surface area contributed by atoms with Gasteiger partial charge in [-0.2, -0.15) is 0 Å². The molecule has 0 atom stereocenters. The van der Waals surface area contributed by atoms with Crippen molar-refractivity contribution in [1.29, 1.82) is 0 Å². The smallest absolute Gasteiger partial charge is 0.326 e. The Labute approximate surface area is 161 Å². The number of carbonyl (C=O) groups is 4. The van der Waals surface area contributed by atoms with Crippen LogP contribution in [0.25, 0.3) is 0 Å². The summed E-state index contributed by atoms with van der Waals surface area (Å²) < 4.78 is 4.93. The summed E-state index contributed by atoms with van der Waals surface area (Å²) in [7, 11) is 0. The van der Waals surface area contributed by atoms with Crippen molar-refractivity contribution in [2.24, 2.45) is 0 Å². The summed E-state index contributed by atoms with van der Waals surface area (Å²) in [5.74, 6) is -1.68. The molecule has 8 nitrogen and oxygen atoms in total. The third kappa shape index (κ3) is 4.08. The van der Waals surface area contributed by atoms with Crippen LogP contribution in [0.2, 0.25) is 0 Å². The zero-order valence-electron chi connectivity index (χ0n) is 14.9. The molecule has 27 heavy (non-hydrogen) atoms. The molecule has 9 heteroatoms. The Morgan fingerprint density at radius 1 is 1.26 bits per heavy atom. The fraction of sp³-hybridized carbons (Fsp3) is 0.444. The number of anilines is 1. The minimum absolute atomic E-state index is 0.389. The number of imide groups is 1. The monoisotopic (exact) mass is 391 g/mol. The largest absolute Gasteiger partial charge is 0.454 e. The molecule has 1 aliphatic carbocycles. The summed E-state index contributed by atoms with van der Waals surface area (Å²) in [6.07, 6.45) is 4.78. The minimum Gasteiger partial charge on any atom is -0.454 e. The van der Waals surface area contributed by atoms with E-state index in [1.54, 1.807) is 12.1 Å². The molecule has 0 bridgehead atoms. The molecule has 1 aromatic carbocycles. The van der Waals surface area contributed by atoms with E-state index in [-0.39, 0.29) is 5.91 Å². The van der Waals surface area contributed by atoms with E-state index in [0.717, 1.165) is 22.6 Å². The van der Waals surface area contributed by atoms with Gasteiger partial charge in [-0.05, 0) is 31.2 Å². The number of nitrogens with one attached hydrogen (secondary N) is 2. The third-order valence-corrected chi connectivity index (χ3v) is 5.53. The molecule has 0 unspecified atom stereocenters. The lowest BCUT2D eigenvalue weighted by molar-refractivity contribution is -0.150. The highest BCUT2D eigenvalue weighted by atomic mass is 32.2. The molecular formula is C18H21N3O5S. The van der Waals surface area contributed by atoms with E-state index >= 15 is 0 Å². The lowest BCUT2D eigenvalue weighted by Gasteiger charge is -2.19. The van der Waals surface area contributed by atoms with Gasteiger partial charge in [0.2, 0.25) is 0 Å². The van der Waals surface area contributed by atoms with Crippen LogP contribution >= 0.6 is 11.8 Å². The topological polar surface area (TPSA) is 105 Å². The second-order valence-electron chi connectivity index (χ2n) is 6.52. The molecule has 1 aromatic rings. The van der Waals surface area contributed by atoms with Crippen LogP contribution in [0.15, 0.2) is 29.2 Å². The minimum atomic E-state index is -0.865. The van der Waals surface area contributed by atoms with Gasteiger partial charge in [-0.3, -0.25) is 19.3 Å². The zero-order chi connectivity index (χ0) is 19.4. The molecule has 1 saturated heterocycles. The average Bonchev–Trinajstić information content (AvgIpc) is 3.21. The number of para-hydroxylation sites is 1. The first-order valence-electron chi connectivity index (χ1n) is 8.68. The molecule has 144 valence electrons. The molecule has 2 fully saturated rings. The summed E-state index contributed by atoms with van der Waals surface area (Å²) in [5.41, 5.74) is -0.237. The first-order valence-corrected chi connectivity index (χ1v) is 9.90. The van der Waals surface area contributed by atoms with Crippen molar-refractivity contribution in [2.75, 3.05) is 24.7 Å². The van der Waals surface area contributed by atoms with Gasteiger partial charge in [0.15, 0.2) is 6.61 Å². The van der Waals surface area contributed by atoms with Crippen molar-refractivity contribution in [3.63, 3.8) is 0 Å². The second-order valence-corrected chi connectivity index (χ2v) is 7.37. The Morgan fingerprint density at radius 2 is 1.96 bits per heavy atom. The Balaban J connectivity index is 1.50. The van der Waals surface area contributed by atoms with Crippen molar-refractivity contribution >= 4 is 41.3 Å². The zero-order valence-corrected chi connectivity index (χ0v) is 15.8. The molecular weight excluding hydrogens is 370 g/mol. The van der Waals surface area contributed by atoms with Crippen LogP contribution in [0.3, 0.4) is 0 Å². The van der Waals surface area contributed by atoms with Gasteiger partial charge >= 0.3 is 12.0 Å². The number of nitrogens with zero attached hydrogens (tertiary/aromatic N) is 1. The first-order chi connectivity index (χ1) is 12.9. The molecule has 1 heterocycles. The van der Waals surface area contributed by atoms with Crippen LogP contribution < -0.4 is 10.6 Å². The number of urea groups is 1. The molecule has 1 spiro atoms. The first kappa shape index (κ1) is 19.2. The maximum Gasteiger partial charge on any atom is 0.326 e. The van der Waals surface area contributed by atoms with Crippen molar-refractivity contribution < 1.29 is 23.9 Å². The van der Waals surface area contributed by atoms with Gasteiger partial charge < -0.3 is 15.4 Å². The highest BCUT2D eigenvalue weighted by Crippen LogP contribution is 2.34. The molecule has 3 rings (SSSR count). The van der Waals surface area contributed by atoms with E-state index in [9.17, 15) is 19.2 Å². The van der Waals surface area contributed by atoms with Crippen molar-refractivity contribution in [3.05, 3.63) is 24.3 Å². The molecule has 2 N–H and O–H groups in total. The fourth-order valence-electron chi connectivity index (χ4n) is 3.39. The van der Waals surface area contributed by atoms with Gasteiger partial charge in [-0.1, -0.05) is 25.0 Å². The summed E-state index contributed by atoms with van der Waals surface area (Å²) in [6.45, 7) is -0.989. The number of esters is 1. The van der Waals surface area contributed by atoms with E-state index in [1.165, 1.54) is 11.8 Å². The summed E-state index contributed by atoms with van der Waals surface area (Å²) in [6, 6.07) is 6.68. The Hall–Kier alpha value is -2.55. The van der Waals surface area contributed by atoms with Crippen LogP contribution in [0.4, 0.5) is 10.5 Å². The van der Waals surface area contributed by atoms with Crippen LogP contribution in [0, 0.1) is 0 Å². The van der Waals surface area contributed by atoms with Gasteiger partial charge in [-0.15, -0.1) is 11.8 Å². The van der Waals surface area contributed by atoms with Gasteiger partial charge in [-0.25, -0.2) is 4.79 Å². The number of thioether (sulfide) groups is 1. The normalized spacial score (nSPS) is 17.9. The summed E-state index contributed by atoms with van der Waals surface area (Å²) in [5, 5.41) is 5.36. The lowest BCUT2D eigenvalue weighted by atomic mass is 9.98. The molecule has 1 saturated carbocycles. The Kier molecular flexibility index (Phi) is 5.69. The summed E-state index contributed by atoms with van der Waals surface area (Å²) >= 11 is 1.48. The molecule has 1 aliphatic heterocycles. The molecule has 0 radical (unpaired) electrons. The lowest BCUT2D eigenvalue weighted by Crippen LogP contribution is -2.44. The van der Waals surface area contributed by atoms with Gasteiger partial charge in [0.25, 0.3) is 11.8 Å². The summed E-state index contributed by atoms with van der Waals surface area (Å²) in [4.78, 5) is 50.3. The van der Waals surface area contributed by atoms with Crippen LogP contribution in [-0.4, -0.2) is 53.7 Å². The van der Waals surface area contributed by atoms with Gasteiger partial charge in [0.1, 0.15) is 12.1 Å². The molecule has 2 aliphatic rings. The van der Waals surface area contributed by atoms with E-state index in [4.69, 9.17) is 4.74 Å². The number of amides is 4. The maximum absolute atomic E-state index is 12.5. The average molecular weight is 391 g/mol. The highest BCUT2D eigenvalue weighted by molar-refractivity contribution is 7.98. The van der Waals surface area contributed by atoms with E-state index in [2.05, 4.69) is 10.6 Å². The third-order valence-electron chi connectivity index (χ3n) is 4.74. The number of hydrogen-bond acceptors (Lipinski definition) is 6. The standard InChI is InChI=1S/C18H21N3O5S/c1-27-13-7-3-2-6-12(13)19-14(22)11-26-15(23)10-21-16(24)18(20-17(21)25)8-4-5-9-18/h2-3,6-7H,4-5,8-11H2,1H3,(H,19,22)(H,20,25). The predicted octanol–water partition coefficient (Wildman–Crippen LogP) is 1.75. The Bertz CT molecular complexity index is 776. The van der Waals surface area contributed by atoms with Crippen molar-refractivity contribution in [1.82, 2.24) is 10.2 Å². The number of ether oxygens (including phenoxy) is 1. The number of rotatable bonds is 6. The van der Waals surface area contributed by atoms with Crippen molar-refractivity contribution in [2.45, 2.75) is 36.1 Å². The number of benzene rings is 1. The molecule has 0 aromatic heterocycles. The fourth-order valence-corrected chi connectivity index (χ4v) is 3.95. The number of hydrogen-bond donors (Lipinski definition) is 2. The predicted molar refractivity (Wildman–Crippen MR) is 99.3 cm³/mol. The molecule has 4 amide bonds. The Morgan fingerprint density at radius 3 is 2.67 bits per heavy atom. The second kappa shape index (κ2) is 7.99.